The van der Waals surface area contributed by atoms with E-state index in [4.69, 9.17) is 4.74 Å². The summed E-state index contributed by atoms with van der Waals surface area (Å²) in [7, 11) is 1.65. The molecule has 2 amide bonds. The van der Waals surface area contributed by atoms with E-state index in [9.17, 15) is 14.0 Å². The average Bonchev–Trinajstić information content (AvgIpc) is 2.63. The molecular weight excluding hydrogens is 323 g/mol. The summed E-state index contributed by atoms with van der Waals surface area (Å²) in [5.41, 5.74) is 1.21. The Balaban J connectivity index is 1.77. The van der Waals surface area contributed by atoms with E-state index in [-0.39, 0.29) is 30.8 Å². The molecule has 2 aromatic rings. The van der Waals surface area contributed by atoms with Crippen molar-refractivity contribution in [3.8, 4) is 0 Å². The van der Waals surface area contributed by atoms with Gasteiger partial charge in [-0.05, 0) is 11.6 Å². The maximum atomic E-state index is 13.7. The summed E-state index contributed by atoms with van der Waals surface area (Å²) < 4.78 is 19.2. The molecule has 1 aliphatic heterocycles. The highest BCUT2D eigenvalue weighted by Crippen LogP contribution is 2.29. The first-order chi connectivity index (χ1) is 12.1. The largest absolute Gasteiger partial charge is 0.356 e. The van der Waals surface area contributed by atoms with Crippen molar-refractivity contribution in [3.05, 3.63) is 71.5 Å². The van der Waals surface area contributed by atoms with E-state index >= 15 is 0 Å². The lowest BCUT2D eigenvalue weighted by Crippen LogP contribution is -2.52. The van der Waals surface area contributed by atoms with Gasteiger partial charge < -0.3 is 15.0 Å². The van der Waals surface area contributed by atoms with Gasteiger partial charge in [0.25, 0.3) is 5.91 Å². The standard InChI is InChI=1S/C19H19FN2O3/c1-22-16(23)12-25-18(17(22)13-7-3-2-4-8-13)19(24)21-11-14-9-5-6-10-15(14)20/h2-10,17-18H,11-12H2,1H3,(H,21,24)/t17-,18+/m0/s1. The second-order valence-electron chi connectivity index (χ2n) is 5.90. The monoisotopic (exact) mass is 342 g/mol. The fourth-order valence-corrected chi connectivity index (χ4v) is 2.90. The highest BCUT2D eigenvalue weighted by molar-refractivity contribution is 5.86. The quantitative estimate of drug-likeness (QED) is 0.925. The van der Waals surface area contributed by atoms with Crippen LogP contribution < -0.4 is 5.32 Å². The lowest BCUT2D eigenvalue weighted by atomic mass is 9.97. The lowest BCUT2D eigenvalue weighted by Gasteiger charge is -2.38. The molecule has 0 spiro atoms. The van der Waals surface area contributed by atoms with Gasteiger partial charge in [-0.3, -0.25) is 9.59 Å². The number of benzene rings is 2. The van der Waals surface area contributed by atoms with Crippen LogP contribution in [0.15, 0.2) is 54.6 Å². The topological polar surface area (TPSA) is 58.6 Å². The molecule has 1 fully saturated rings. The molecular formula is C19H19FN2O3. The number of morpholine rings is 1. The van der Waals surface area contributed by atoms with Gasteiger partial charge in [0.1, 0.15) is 12.4 Å². The molecule has 0 unspecified atom stereocenters. The highest BCUT2D eigenvalue weighted by Gasteiger charge is 2.39. The van der Waals surface area contributed by atoms with Gasteiger partial charge in [0, 0.05) is 19.2 Å². The zero-order valence-corrected chi connectivity index (χ0v) is 13.8. The summed E-state index contributed by atoms with van der Waals surface area (Å²) >= 11 is 0. The number of carbonyl (C=O) groups excluding carboxylic acids is 2. The molecule has 3 rings (SSSR count). The van der Waals surface area contributed by atoms with E-state index < -0.39 is 12.1 Å². The molecule has 130 valence electrons. The maximum absolute atomic E-state index is 13.7. The van der Waals surface area contributed by atoms with Gasteiger partial charge in [0.15, 0.2) is 6.10 Å². The van der Waals surface area contributed by atoms with Crippen LogP contribution in [-0.2, 0) is 20.9 Å². The number of nitrogens with one attached hydrogen (secondary N) is 1. The van der Waals surface area contributed by atoms with Crippen LogP contribution in [0.5, 0.6) is 0 Å². The van der Waals surface area contributed by atoms with E-state index in [1.54, 1.807) is 25.2 Å². The smallest absolute Gasteiger partial charge is 0.251 e. The first kappa shape index (κ1) is 17.1. The third-order valence-electron chi connectivity index (χ3n) is 4.29. The second-order valence-corrected chi connectivity index (χ2v) is 5.90. The van der Waals surface area contributed by atoms with Crippen LogP contribution in [0.2, 0.25) is 0 Å². The fraction of sp³-hybridized carbons (Fsp3) is 0.263. The summed E-state index contributed by atoms with van der Waals surface area (Å²) in [5.74, 6) is -0.942. The molecule has 0 saturated carbocycles. The molecule has 2 aromatic carbocycles. The van der Waals surface area contributed by atoms with Crippen LogP contribution >= 0.6 is 0 Å². The number of carbonyl (C=O) groups is 2. The van der Waals surface area contributed by atoms with Crippen molar-refractivity contribution in [1.82, 2.24) is 10.2 Å². The van der Waals surface area contributed by atoms with Crippen LogP contribution in [0.4, 0.5) is 4.39 Å². The van der Waals surface area contributed by atoms with Gasteiger partial charge in [0.05, 0.1) is 6.04 Å². The molecule has 0 bridgehead atoms. The molecule has 0 radical (unpaired) electrons. The number of ether oxygens (including phenoxy) is 1. The second kappa shape index (κ2) is 7.44. The van der Waals surface area contributed by atoms with E-state index in [0.29, 0.717) is 5.56 Å². The van der Waals surface area contributed by atoms with Crippen LogP contribution in [0, 0.1) is 5.82 Å². The zero-order chi connectivity index (χ0) is 17.8. The normalized spacial score (nSPS) is 20.4. The summed E-state index contributed by atoms with van der Waals surface area (Å²) in [6.45, 7) is -0.0951. The minimum absolute atomic E-state index is 0.0601. The average molecular weight is 342 g/mol. The van der Waals surface area contributed by atoms with E-state index in [1.807, 2.05) is 30.3 Å². The summed E-state index contributed by atoms with van der Waals surface area (Å²) in [5, 5.41) is 2.70. The highest BCUT2D eigenvalue weighted by atomic mass is 19.1. The fourth-order valence-electron chi connectivity index (χ4n) is 2.90. The van der Waals surface area contributed by atoms with Crippen LogP contribution in [0.1, 0.15) is 17.2 Å². The minimum Gasteiger partial charge on any atom is -0.356 e. The van der Waals surface area contributed by atoms with E-state index in [1.165, 1.54) is 11.0 Å². The number of nitrogens with zero attached hydrogens (tertiary/aromatic N) is 1. The third-order valence-corrected chi connectivity index (χ3v) is 4.29. The Morgan fingerprint density at radius 3 is 2.60 bits per heavy atom. The molecule has 1 N–H and O–H groups in total. The van der Waals surface area contributed by atoms with Crippen molar-refractivity contribution in [2.75, 3.05) is 13.7 Å². The Kier molecular flexibility index (Phi) is 5.09. The lowest BCUT2D eigenvalue weighted by molar-refractivity contribution is -0.162. The number of hydrogen-bond donors (Lipinski definition) is 1. The van der Waals surface area contributed by atoms with Crippen molar-refractivity contribution in [3.63, 3.8) is 0 Å². The van der Waals surface area contributed by atoms with Gasteiger partial charge in [-0.2, -0.15) is 0 Å². The van der Waals surface area contributed by atoms with Gasteiger partial charge in [-0.25, -0.2) is 4.39 Å². The number of rotatable bonds is 4. The number of amides is 2. The van der Waals surface area contributed by atoms with Crippen LogP contribution in [-0.4, -0.2) is 36.5 Å². The Morgan fingerprint density at radius 1 is 1.20 bits per heavy atom. The zero-order valence-electron chi connectivity index (χ0n) is 13.8. The minimum atomic E-state index is -0.850. The summed E-state index contributed by atoms with van der Waals surface area (Å²) in [6, 6.07) is 15.0. The number of likely N-dealkylation sites (N-methyl/N-ethyl adjacent to an activating group) is 1. The van der Waals surface area contributed by atoms with Gasteiger partial charge in [-0.1, -0.05) is 48.5 Å². The molecule has 0 aromatic heterocycles. The predicted molar refractivity (Wildman–Crippen MR) is 89.9 cm³/mol. The first-order valence-corrected chi connectivity index (χ1v) is 8.01. The van der Waals surface area contributed by atoms with E-state index in [0.717, 1.165) is 5.56 Å². The Bertz CT molecular complexity index is 766. The van der Waals surface area contributed by atoms with Crippen molar-refractivity contribution in [1.29, 1.82) is 0 Å². The first-order valence-electron chi connectivity index (χ1n) is 8.01. The Labute approximate surface area is 145 Å². The number of hydrogen-bond acceptors (Lipinski definition) is 3. The molecule has 1 aliphatic rings. The van der Waals surface area contributed by atoms with Crippen molar-refractivity contribution in [2.24, 2.45) is 0 Å². The number of halogens is 1. The Morgan fingerprint density at radius 2 is 1.88 bits per heavy atom. The SMILES string of the molecule is CN1C(=O)CO[C@@H](C(=O)NCc2ccccc2F)[C@@H]1c1ccccc1. The Hall–Kier alpha value is -2.73. The van der Waals surface area contributed by atoms with Gasteiger partial charge >= 0.3 is 0 Å². The van der Waals surface area contributed by atoms with E-state index in [2.05, 4.69) is 5.32 Å². The van der Waals surface area contributed by atoms with Crippen LogP contribution in [0.25, 0.3) is 0 Å². The molecule has 6 heteroatoms. The van der Waals surface area contributed by atoms with Crippen molar-refractivity contribution >= 4 is 11.8 Å². The molecule has 5 nitrogen and oxygen atoms in total. The van der Waals surface area contributed by atoms with Gasteiger partial charge in [0.2, 0.25) is 5.91 Å². The van der Waals surface area contributed by atoms with Gasteiger partial charge in [-0.15, -0.1) is 0 Å². The molecule has 0 aliphatic carbocycles. The van der Waals surface area contributed by atoms with Crippen LogP contribution in [0.3, 0.4) is 0 Å². The maximum Gasteiger partial charge on any atom is 0.251 e. The van der Waals surface area contributed by atoms with Crippen molar-refractivity contribution in [2.45, 2.75) is 18.7 Å². The molecule has 2 atom stereocenters. The van der Waals surface area contributed by atoms with Crippen molar-refractivity contribution < 1.29 is 18.7 Å². The molecule has 25 heavy (non-hydrogen) atoms. The summed E-state index contributed by atoms with van der Waals surface area (Å²) in [4.78, 5) is 26.1. The predicted octanol–water partition coefficient (Wildman–Crippen LogP) is 2.04. The summed E-state index contributed by atoms with van der Waals surface area (Å²) in [6.07, 6.45) is -0.850. The molecule has 1 heterocycles. The molecule has 1 saturated heterocycles. The third kappa shape index (κ3) is 3.69.